The van der Waals surface area contributed by atoms with Crippen molar-refractivity contribution < 1.29 is 0 Å². The van der Waals surface area contributed by atoms with Crippen molar-refractivity contribution in [3.05, 3.63) is 0 Å². The van der Waals surface area contributed by atoms with Crippen molar-refractivity contribution in [3.63, 3.8) is 0 Å². The molecule has 0 radical (unpaired) electrons. The first-order valence-corrected chi connectivity index (χ1v) is 4.60. The lowest BCUT2D eigenvalue weighted by molar-refractivity contribution is 0.0527. The molecule has 0 fully saturated rings. The molecule has 0 aliphatic carbocycles. The largest absolute Gasteiger partial charge is 0.329 e. The van der Waals surface area contributed by atoms with Gasteiger partial charge in [0.1, 0.15) is 0 Å². The number of nitrogens with one attached hydrogen (secondary N) is 1. The molecule has 1 aliphatic rings. The molecular weight excluding hydrogens is 162 g/mol. The molecule has 1 aliphatic heterocycles. The summed E-state index contributed by atoms with van der Waals surface area (Å²) >= 11 is 1.60. The fourth-order valence-electron chi connectivity index (χ4n) is 0.874. The molecule has 0 aromatic heterocycles. The van der Waals surface area contributed by atoms with E-state index in [0.717, 1.165) is 11.7 Å². The Balaban J connectivity index is 2.51. The predicted molar refractivity (Wildman–Crippen MR) is 47.6 cm³/mol. The van der Waals surface area contributed by atoms with Crippen LogP contribution in [-0.4, -0.2) is 41.7 Å². The zero-order valence-electron chi connectivity index (χ0n) is 6.74. The number of hydrogen-bond acceptors (Lipinski definition) is 6. The summed E-state index contributed by atoms with van der Waals surface area (Å²) in [6.07, 6.45) is 1.99. The highest BCUT2D eigenvalue weighted by molar-refractivity contribution is 8.13. The maximum atomic E-state index is 5.43. The van der Waals surface area contributed by atoms with E-state index >= 15 is 0 Å². The number of hydrogen-bond donors (Lipinski definition) is 2. The van der Waals surface area contributed by atoms with Crippen LogP contribution >= 0.6 is 11.8 Å². The summed E-state index contributed by atoms with van der Waals surface area (Å²) in [5.74, 6) is 0. The lowest BCUT2D eigenvalue weighted by Crippen LogP contribution is -2.44. The number of hydrazine groups is 2. The Bertz CT molecular complexity index is 159. The second-order valence-electron chi connectivity index (χ2n) is 2.13. The van der Waals surface area contributed by atoms with Gasteiger partial charge in [-0.2, -0.15) is 0 Å². The van der Waals surface area contributed by atoms with Crippen LogP contribution in [0.1, 0.15) is 0 Å². The van der Waals surface area contributed by atoms with Crippen molar-refractivity contribution in [1.82, 2.24) is 15.7 Å². The maximum absolute atomic E-state index is 5.43. The monoisotopic (exact) mass is 175 g/mol. The zero-order valence-corrected chi connectivity index (χ0v) is 7.56. The van der Waals surface area contributed by atoms with E-state index in [2.05, 4.69) is 10.6 Å². The van der Waals surface area contributed by atoms with E-state index in [1.165, 1.54) is 0 Å². The summed E-state index contributed by atoms with van der Waals surface area (Å²) in [6.45, 7) is 1.43. The molecule has 6 heteroatoms. The van der Waals surface area contributed by atoms with Gasteiger partial charge in [-0.15, -0.1) is 10.2 Å². The van der Waals surface area contributed by atoms with Crippen LogP contribution in [0.15, 0.2) is 5.10 Å². The molecule has 64 valence electrons. The van der Waals surface area contributed by atoms with Crippen LogP contribution in [0.3, 0.4) is 0 Å². The van der Waals surface area contributed by atoms with Crippen molar-refractivity contribution in [3.8, 4) is 0 Å². The quantitative estimate of drug-likeness (QED) is 0.578. The SMILES string of the molecule is CSC1=NNN(C)N1CCN. The number of nitrogens with two attached hydrogens (primary N) is 1. The molecule has 1 heterocycles. The van der Waals surface area contributed by atoms with E-state index in [4.69, 9.17) is 5.73 Å². The van der Waals surface area contributed by atoms with Gasteiger partial charge < -0.3 is 5.73 Å². The third-order valence-corrected chi connectivity index (χ3v) is 2.06. The third-order valence-electron chi connectivity index (χ3n) is 1.40. The number of nitrogens with zero attached hydrogens (tertiary/aromatic N) is 3. The van der Waals surface area contributed by atoms with Crippen molar-refractivity contribution in [2.45, 2.75) is 0 Å². The van der Waals surface area contributed by atoms with E-state index < -0.39 is 0 Å². The molecule has 5 nitrogen and oxygen atoms in total. The summed E-state index contributed by atoms with van der Waals surface area (Å²) in [7, 11) is 1.91. The highest BCUT2D eigenvalue weighted by Crippen LogP contribution is 2.09. The van der Waals surface area contributed by atoms with Gasteiger partial charge in [0.15, 0.2) is 5.17 Å². The average molecular weight is 175 g/mol. The molecule has 0 saturated carbocycles. The first-order valence-electron chi connectivity index (χ1n) is 3.38. The standard InChI is InChI=1S/C5H13N5S/c1-9-8-7-5(11-2)10(9)4-3-6/h8H,3-4,6H2,1-2H3. The molecular formula is C5H13N5S. The summed E-state index contributed by atoms with van der Waals surface area (Å²) in [5, 5.41) is 8.83. The lowest BCUT2D eigenvalue weighted by atomic mass is 10.6. The van der Waals surface area contributed by atoms with Gasteiger partial charge in [-0.05, 0) is 6.26 Å². The third kappa shape index (κ3) is 1.76. The van der Waals surface area contributed by atoms with Crippen molar-refractivity contribution >= 4 is 16.9 Å². The van der Waals surface area contributed by atoms with E-state index in [0.29, 0.717) is 6.54 Å². The Hall–Kier alpha value is -0.460. The number of hydrazone groups is 1. The topological polar surface area (TPSA) is 56.9 Å². The summed E-state index contributed by atoms with van der Waals surface area (Å²) < 4.78 is 0. The van der Waals surface area contributed by atoms with Gasteiger partial charge in [0.2, 0.25) is 0 Å². The number of thioether (sulfide) groups is 1. The highest BCUT2D eigenvalue weighted by atomic mass is 32.2. The van der Waals surface area contributed by atoms with Crippen LogP contribution < -0.4 is 11.3 Å². The van der Waals surface area contributed by atoms with Gasteiger partial charge in [-0.25, -0.2) is 5.53 Å². The van der Waals surface area contributed by atoms with Gasteiger partial charge in [0, 0.05) is 13.6 Å². The second kappa shape index (κ2) is 3.80. The fraction of sp³-hybridized carbons (Fsp3) is 0.800. The molecule has 0 unspecified atom stereocenters. The molecule has 0 aromatic carbocycles. The van der Waals surface area contributed by atoms with Crippen LogP contribution in [-0.2, 0) is 0 Å². The Morgan fingerprint density at radius 3 is 3.00 bits per heavy atom. The van der Waals surface area contributed by atoms with Crippen molar-refractivity contribution in [2.24, 2.45) is 10.8 Å². The molecule has 0 amide bonds. The van der Waals surface area contributed by atoms with Gasteiger partial charge >= 0.3 is 0 Å². The Kier molecular flexibility index (Phi) is 2.98. The van der Waals surface area contributed by atoms with E-state index in [1.54, 1.807) is 11.8 Å². The van der Waals surface area contributed by atoms with Gasteiger partial charge in [0.25, 0.3) is 0 Å². The molecule has 1 rings (SSSR count). The smallest absolute Gasteiger partial charge is 0.200 e. The number of amidine groups is 1. The fourth-order valence-corrected chi connectivity index (χ4v) is 1.43. The molecule has 0 atom stereocenters. The molecule has 11 heavy (non-hydrogen) atoms. The van der Waals surface area contributed by atoms with Gasteiger partial charge in [-0.1, -0.05) is 11.8 Å². The van der Waals surface area contributed by atoms with Crippen molar-refractivity contribution in [1.29, 1.82) is 0 Å². The second-order valence-corrected chi connectivity index (χ2v) is 2.91. The molecule has 0 saturated heterocycles. The van der Waals surface area contributed by atoms with Crippen LogP contribution in [0.25, 0.3) is 0 Å². The average Bonchev–Trinajstić information content (AvgIpc) is 2.34. The minimum absolute atomic E-state index is 0.631. The Morgan fingerprint density at radius 1 is 1.73 bits per heavy atom. The van der Waals surface area contributed by atoms with Crippen molar-refractivity contribution in [2.75, 3.05) is 26.4 Å². The van der Waals surface area contributed by atoms with E-state index in [-0.39, 0.29) is 0 Å². The van der Waals surface area contributed by atoms with Crippen LogP contribution in [0, 0.1) is 0 Å². The zero-order chi connectivity index (χ0) is 8.27. The predicted octanol–water partition coefficient (Wildman–Crippen LogP) is -0.754. The van der Waals surface area contributed by atoms with Gasteiger partial charge in [0.05, 0.1) is 6.54 Å². The normalized spacial score (nSPS) is 18.5. The van der Waals surface area contributed by atoms with E-state index in [1.807, 2.05) is 23.4 Å². The molecule has 0 aromatic rings. The highest BCUT2D eigenvalue weighted by Gasteiger charge is 2.19. The van der Waals surface area contributed by atoms with Gasteiger partial charge in [-0.3, -0.25) is 5.01 Å². The summed E-state index contributed by atoms with van der Waals surface area (Å²) in [6, 6.07) is 0. The molecule has 0 bridgehead atoms. The summed E-state index contributed by atoms with van der Waals surface area (Å²) in [4.78, 5) is 0. The van der Waals surface area contributed by atoms with Crippen LogP contribution in [0.4, 0.5) is 0 Å². The first kappa shape index (κ1) is 8.63. The minimum atomic E-state index is 0.631. The van der Waals surface area contributed by atoms with Crippen LogP contribution in [0.5, 0.6) is 0 Å². The number of rotatable bonds is 2. The molecule has 0 spiro atoms. The minimum Gasteiger partial charge on any atom is -0.329 e. The molecule has 3 N–H and O–H groups in total. The Morgan fingerprint density at radius 2 is 2.45 bits per heavy atom. The van der Waals surface area contributed by atoms with Crippen LogP contribution in [0.2, 0.25) is 0 Å². The first-order chi connectivity index (χ1) is 5.29. The lowest BCUT2D eigenvalue weighted by Gasteiger charge is -2.24. The summed E-state index contributed by atoms with van der Waals surface area (Å²) in [5.41, 5.74) is 8.25. The Labute approximate surface area is 70.5 Å². The maximum Gasteiger partial charge on any atom is 0.200 e. The van der Waals surface area contributed by atoms with E-state index in [9.17, 15) is 0 Å².